The summed E-state index contributed by atoms with van der Waals surface area (Å²) in [7, 11) is 1.69. The van der Waals surface area contributed by atoms with E-state index in [1.165, 1.54) is 4.68 Å². The average Bonchev–Trinajstić information content (AvgIpc) is 2.81. The van der Waals surface area contributed by atoms with Gasteiger partial charge in [-0.15, -0.1) is 0 Å². The molecule has 0 bridgehead atoms. The number of aromatic nitrogens is 4. The van der Waals surface area contributed by atoms with Gasteiger partial charge in [0.05, 0.1) is 16.9 Å². The number of rotatable bonds is 3. The molecule has 0 aliphatic rings. The molecule has 1 N–H and O–H groups in total. The van der Waals surface area contributed by atoms with Gasteiger partial charge < -0.3 is 5.32 Å². The van der Waals surface area contributed by atoms with Gasteiger partial charge in [-0.25, -0.2) is 4.68 Å². The normalized spacial score (nSPS) is 10.8. The molecule has 7 heteroatoms. The Balaban J connectivity index is 2.33. The Morgan fingerprint density at radius 3 is 2.68 bits per heavy atom. The van der Waals surface area contributed by atoms with Gasteiger partial charge in [0, 0.05) is 19.2 Å². The maximum Gasteiger partial charge on any atom is 0.276 e. The van der Waals surface area contributed by atoms with Gasteiger partial charge in [0.1, 0.15) is 11.5 Å². The van der Waals surface area contributed by atoms with Crippen LogP contribution in [0.4, 0.5) is 5.82 Å². The second-order valence-electron chi connectivity index (χ2n) is 4.32. The molecular formula is C12H16ClN5O. The summed E-state index contributed by atoms with van der Waals surface area (Å²) in [4.78, 5) is 12.3. The lowest BCUT2D eigenvalue weighted by Crippen LogP contribution is -2.19. The molecule has 1 amide bonds. The van der Waals surface area contributed by atoms with Crippen molar-refractivity contribution in [2.75, 3.05) is 5.32 Å². The first-order chi connectivity index (χ1) is 8.95. The molecule has 0 spiro atoms. The highest BCUT2D eigenvalue weighted by molar-refractivity contribution is 6.34. The first-order valence-electron chi connectivity index (χ1n) is 5.98. The van der Waals surface area contributed by atoms with Crippen molar-refractivity contribution in [3.05, 3.63) is 28.2 Å². The molecule has 0 radical (unpaired) electrons. The van der Waals surface area contributed by atoms with Crippen molar-refractivity contribution in [1.29, 1.82) is 0 Å². The number of hydrogen-bond donors (Lipinski definition) is 1. The van der Waals surface area contributed by atoms with Crippen LogP contribution in [0.15, 0.2) is 6.20 Å². The van der Waals surface area contributed by atoms with Crippen LogP contribution >= 0.6 is 11.6 Å². The highest BCUT2D eigenvalue weighted by atomic mass is 35.5. The summed E-state index contributed by atoms with van der Waals surface area (Å²) in [5.41, 5.74) is 1.89. The first kappa shape index (κ1) is 13.6. The van der Waals surface area contributed by atoms with Crippen LogP contribution in [-0.2, 0) is 13.6 Å². The second-order valence-corrected chi connectivity index (χ2v) is 4.70. The van der Waals surface area contributed by atoms with Gasteiger partial charge in [-0.1, -0.05) is 11.6 Å². The fourth-order valence-corrected chi connectivity index (χ4v) is 2.17. The number of aryl methyl sites for hydroxylation is 4. The summed E-state index contributed by atoms with van der Waals surface area (Å²) >= 11 is 6.10. The van der Waals surface area contributed by atoms with Crippen LogP contribution in [0.5, 0.6) is 0 Å². The molecule has 2 aromatic heterocycles. The van der Waals surface area contributed by atoms with E-state index in [0.717, 1.165) is 5.56 Å². The minimum atomic E-state index is -0.286. The van der Waals surface area contributed by atoms with Crippen LogP contribution in [0.25, 0.3) is 0 Å². The minimum Gasteiger partial charge on any atom is -0.305 e. The highest BCUT2D eigenvalue weighted by Gasteiger charge is 2.20. The zero-order chi connectivity index (χ0) is 14.2. The minimum absolute atomic E-state index is 0.286. The topological polar surface area (TPSA) is 64.7 Å². The number of carbonyl (C=O) groups excluding carboxylic acids is 1. The quantitative estimate of drug-likeness (QED) is 0.938. The second kappa shape index (κ2) is 5.05. The standard InChI is InChI=1S/C12H16ClN5O/c1-5-18-11(7(2)6-14-18)15-12(19)10-9(13)8(3)16-17(10)4/h6H,5H2,1-4H3,(H,15,19). The fraction of sp³-hybridized carbons (Fsp3) is 0.417. The molecule has 2 heterocycles. The Hall–Kier alpha value is -1.82. The zero-order valence-corrected chi connectivity index (χ0v) is 12.1. The van der Waals surface area contributed by atoms with E-state index in [1.54, 1.807) is 24.9 Å². The molecule has 0 fully saturated rings. The Bertz CT molecular complexity index is 628. The molecule has 0 atom stereocenters. The molecule has 0 aliphatic carbocycles. The van der Waals surface area contributed by atoms with Crippen molar-refractivity contribution in [1.82, 2.24) is 19.6 Å². The van der Waals surface area contributed by atoms with E-state index in [2.05, 4.69) is 15.5 Å². The van der Waals surface area contributed by atoms with E-state index in [0.29, 0.717) is 28.8 Å². The van der Waals surface area contributed by atoms with Crippen LogP contribution in [-0.4, -0.2) is 25.5 Å². The van der Waals surface area contributed by atoms with Crippen LogP contribution in [0.2, 0.25) is 5.02 Å². The summed E-state index contributed by atoms with van der Waals surface area (Å²) < 4.78 is 3.21. The van der Waals surface area contributed by atoms with Gasteiger partial charge in [-0.05, 0) is 20.8 Å². The van der Waals surface area contributed by atoms with Crippen molar-refractivity contribution in [2.45, 2.75) is 27.3 Å². The van der Waals surface area contributed by atoms with Gasteiger partial charge in [-0.3, -0.25) is 9.48 Å². The molecule has 0 unspecified atom stereocenters. The zero-order valence-electron chi connectivity index (χ0n) is 11.4. The molecule has 19 heavy (non-hydrogen) atoms. The molecular weight excluding hydrogens is 266 g/mol. The van der Waals surface area contributed by atoms with Crippen molar-refractivity contribution < 1.29 is 4.79 Å². The Kier molecular flexibility index (Phi) is 3.61. The summed E-state index contributed by atoms with van der Waals surface area (Å²) in [6.45, 7) is 6.30. The monoisotopic (exact) mass is 281 g/mol. The summed E-state index contributed by atoms with van der Waals surface area (Å²) in [5.74, 6) is 0.397. The number of anilines is 1. The third kappa shape index (κ3) is 2.35. The number of nitrogens with zero attached hydrogens (tertiary/aromatic N) is 4. The summed E-state index contributed by atoms with van der Waals surface area (Å²) in [5, 5.41) is 11.5. The van der Waals surface area contributed by atoms with Crippen LogP contribution in [0.3, 0.4) is 0 Å². The molecule has 0 saturated heterocycles. The van der Waals surface area contributed by atoms with Crippen molar-refractivity contribution in [3.63, 3.8) is 0 Å². The van der Waals surface area contributed by atoms with Crippen LogP contribution in [0, 0.1) is 13.8 Å². The van der Waals surface area contributed by atoms with E-state index in [9.17, 15) is 4.79 Å². The smallest absolute Gasteiger partial charge is 0.276 e. The van der Waals surface area contributed by atoms with Crippen molar-refractivity contribution in [3.8, 4) is 0 Å². The predicted molar refractivity (Wildman–Crippen MR) is 73.5 cm³/mol. The first-order valence-corrected chi connectivity index (χ1v) is 6.36. The van der Waals surface area contributed by atoms with Gasteiger partial charge in [0.2, 0.25) is 0 Å². The number of amides is 1. The maximum atomic E-state index is 12.3. The van der Waals surface area contributed by atoms with Crippen molar-refractivity contribution >= 4 is 23.3 Å². The average molecular weight is 282 g/mol. The molecule has 0 aliphatic heterocycles. The number of halogens is 1. The van der Waals surface area contributed by atoms with Crippen molar-refractivity contribution in [2.24, 2.45) is 7.05 Å². The summed E-state index contributed by atoms with van der Waals surface area (Å²) in [6.07, 6.45) is 1.72. The number of hydrogen-bond acceptors (Lipinski definition) is 3. The lowest BCUT2D eigenvalue weighted by atomic mass is 10.3. The van der Waals surface area contributed by atoms with E-state index >= 15 is 0 Å². The Labute approximate surface area is 116 Å². The number of nitrogens with one attached hydrogen (secondary N) is 1. The largest absolute Gasteiger partial charge is 0.305 e. The fourth-order valence-electron chi connectivity index (χ4n) is 1.93. The molecule has 0 aromatic carbocycles. The Morgan fingerprint density at radius 2 is 2.16 bits per heavy atom. The lowest BCUT2D eigenvalue weighted by molar-refractivity contribution is 0.101. The predicted octanol–water partition coefficient (Wildman–Crippen LogP) is 2.16. The van der Waals surface area contributed by atoms with Gasteiger partial charge in [-0.2, -0.15) is 10.2 Å². The third-order valence-corrected chi connectivity index (χ3v) is 3.37. The highest BCUT2D eigenvalue weighted by Crippen LogP contribution is 2.21. The van der Waals surface area contributed by atoms with Gasteiger partial charge in [0.25, 0.3) is 5.91 Å². The number of carbonyl (C=O) groups is 1. The summed E-state index contributed by atoms with van der Waals surface area (Å²) in [6, 6.07) is 0. The van der Waals surface area contributed by atoms with E-state index in [1.807, 2.05) is 13.8 Å². The van der Waals surface area contributed by atoms with E-state index < -0.39 is 0 Å². The SMILES string of the molecule is CCn1ncc(C)c1NC(=O)c1c(Cl)c(C)nn1C. The molecule has 0 saturated carbocycles. The van der Waals surface area contributed by atoms with Crippen LogP contribution < -0.4 is 5.32 Å². The lowest BCUT2D eigenvalue weighted by Gasteiger charge is -2.09. The van der Waals surface area contributed by atoms with E-state index in [4.69, 9.17) is 11.6 Å². The molecule has 6 nitrogen and oxygen atoms in total. The molecule has 2 rings (SSSR count). The van der Waals surface area contributed by atoms with Crippen LogP contribution in [0.1, 0.15) is 28.7 Å². The maximum absolute atomic E-state index is 12.3. The third-order valence-electron chi connectivity index (χ3n) is 2.92. The molecule has 2 aromatic rings. The van der Waals surface area contributed by atoms with Gasteiger partial charge >= 0.3 is 0 Å². The van der Waals surface area contributed by atoms with E-state index in [-0.39, 0.29) is 5.91 Å². The van der Waals surface area contributed by atoms with Gasteiger partial charge in [0.15, 0.2) is 0 Å². The molecule has 102 valence electrons. The Morgan fingerprint density at radius 1 is 1.47 bits per heavy atom.